The van der Waals surface area contributed by atoms with E-state index in [2.05, 4.69) is 9.98 Å². The fraction of sp³-hybridized carbons (Fsp3) is 0.500. The smallest absolute Gasteiger partial charge is 0.286 e. The van der Waals surface area contributed by atoms with Crippen LogP contribution in [-0.4, -0.2) is 61.6 Å². The van der Waals surface area contributed by atoms with E-state index in [0.29, 0.717) is 14.1 Å². The minimum atomic E-state index is -6.72. The van der Waals surface area contributed by atoms with Gasteiger partial charge in [0.15, 0.2) is 0 Å². The molecule has 16 heteroatoms. The van der Waals surface area contributed by atoms with Crippen molar-refractivity contribution in [2.45, 2.75) is 36.0 Å². The van der Waals surface area contributed by atoms with Crippen LogP contribution in [0.15, 0.2) is 34.3 Å². The van der Waals surface area contributed by atoms with E-state index in [-0.39, 0.29) is 24.3 Å². The van der Waals surface area contributed by atoms with E-state index in [0.717, 1.165) is 0 Å². The van der Waals surface area contributed by atoms with Crippen molar-refractivity contribution in [1.82, 2.24) is 0 Å². The molecule has 0 unspecified atom stereocenters. The maximum absolute atomic E-state index is 13.9. The second-order valence-electron chi connectivity index (χ2n) is 6.01. The Morgan fingerprint density at radius 3 is 0.875 bits per heavy atom. The summed E-state index contributed by atoms with van der Waals surface area (Å²) >= 11 is 0. The summed E-state index contributed by atoms with van der Waals surface area (Å²) in [6, 6.07) is 0.798. The second-order valence-corrected chi connectivity index (χ2v) is 6.01. The van der Waals surface area contributed by atoms with E-state index in [1.54, 1.807) is 0 Å². The number of halogens is 14. The van der Waals surface area contributed by atoms with Crippen LogP contribution in [0.2, 0.25) is 0 Å². The van der Waals surface area contributed by atoms with Crippen LogP contribution in [0.5, 0.6) is 0 Å². The van der Waals surface area contributed by atoms with Gasteiger partial charge in [0.25, 0.3) is 0 Å². The number of hydrogen-bond donors (Lipinski definition) is 0. The molecular formula is C16H10F14N2. The molecule has 0 aliphatic heterocycles. The van der Waals surface area contributed by atoms with E-state index in [9.17, 15) is 61.5 Å². The number of nitrogens with zero attached hydrogens (tertiary/aromatic N) is 2. The van der Waals surface area contributed by atoms with Crippen molar-refractivity contribution < 1.29 is 61.5 Å². The Bertz CT molecular complexity index is 802. The highest BCUT2D eigenvalue weighted by molar-refractivity contribution is 6.09. The van der Waals surface area contributed by atoms with Crippen LogP contribution in [0.4, 0.5) is 61.5 Å². The van der Waals surface area contributed by atoms with Gasteiger partial charge in [-0.05, 0) is 0 Å². The van der Waals surface area contributed by atoms with Crippen LogP contribution in [0.25, 0.3) is 0 Å². The van der Waals surface area contributed by atoms with Gasteiger partial charge in [0.2, 0.25) is 0 Å². The highest BCUT2D eigenvalue weighted by atomic mass is 19.4. The Morgan fingerprint density at radius 2 is 0.719 bits per heavy atom. The molecule has 0 N–H and O–H groups in total. The Labute approximate surface area is 169 Å². The zero-order chi connectivity index (χ0) is 25.6. The van der Waals surface area contributed by atoms with Crippen LogP contribution >= 0.6 is 0 Å². The standard InChI is InChI=1S/C16H10F14N2/c1-31-9(11(17,18)13(21,22)15(25,26)27)7-3-5-8(6-4-7)10(32-2)12(19,20)14(23,24)16(28,29)30/h3-6H,1-2H3/b31-9-,32-10-. The molecule has 0 spiro atoms. The summed E-state index contributed by atoms with van der Waals surface area (Å²) in [6.45, 7) is 0. The molecule has 0 bridgehead atoms. The van der Waals surface area contributed by atoms with Crippen LogP contribution < -0.4 is 0 Å². The molecule has 0 saturated carbocycles. The van der Waals surface area contributed by atoms with Gasteiger partial charge in [-0.2, -0.15) is 61.5 Å². The fourth-order valence-electron chi connectivity index (χ4n) is 2.34. The molecule has 0 amide bonds. The minimum absolute atomic E-state index is 0.199. The molecule has 0 saturated heterocycles. The maximum atomic E-state index is 13.9. The largest absolute Gasteiger partial charge is 0.460 e. The first-order chi connectivity index (χ1) is 14.1. The third-order valence-electron chi connectivity index (χ3n) is 3.97. The van der Waals surface area contributed by atoms with Crippen molar-refractivity contribution >= 4 is 11.4 Å². The number of benzene rings is 1. The van der Waals surface area contributed by atoms with Gasteiger partial charge >= 0.3 is 36.0 Å². The van der Waals surface area contributed by atoms with Crippen LogP contribution in [0, 0.1) is 0 Å². The average Bonchev–Trinajstić information content (AvgIpc) is 2.61. The molecule has 1 aromatic carbocycles. The summed E-state index contributed by atoms with van der Waals surface area (Å²) in [6.07, 6.45) is -13.4. The first-order valence-electron chi connectivity index (χ1n) is 7.81. The lowest BCUT2D eigenvalue weighted by atomic mass is 9.94. The summed E-state index contributed by atoms with van der Waals surface area (Å²) in [5.41, 5.74) is -6.69. The second kappa shape index (κ2) is 8.17. The van der Waals surface area contributed by atoms with E-state index in [4.69, 9.17) is 0 Å². The topological polar surface area (TPSA) is 24.7 Å². The fourth-order valence-corrected chi connectivity index (χ4v) is 2.34. The average molecular weight is 496 g/mol. The number of aliphatic imine (C=N–C) groups is 2. The van der Waals surface area contributed by atoms with Crippen molar-refractivity contribution in [1.29, 1.82) is 0 Å². The summed E-state index contributed by atoms with van der Waals surface area (Å²) in [7, 11) is 0.807. The molecule has 0 radical (unpaired) electrons. The third-order valence-corrected chi connectivity index (χ3v) is 3.97. The molecule has 32 heavy (non-hydrogen) atoms. The summed E-state index contributed by atoms with van der Waals surface area (Å²) in [5.74, 6) is -25.2. The molecule has 0 aromatic heterocycles. The lowest BCUT2D eigenvalue weighted by Gasteiger charge is -2.30. The van der Waals surface area contributed by atoms with Gasteiger partial charge in [-0.3, -0.25) is 9.98 Å². The minimum Gasteiger partial charge on any atom is -0.286 e. The summed E-state index contributed by atoms with van der Waals surface area (Å²) in [5, 5.41) is 0. The van der Waals surface area contributed by atoms with Crippen LogP contribution in [0.1, 0.15) is 11.1 Å². The molecule has 1 rings (SSSR count). The lowest BCUT2D eigenvalue weighted by Crippen LogP contribution is -2.56. The first-order valence-corrected chi connectivity index (χ1v) is 7.81. The van der Waals surface area contributed by atoms with Gasteiger partial charge in [-0.1, -0.05) is 24.3 Å². The van der Waals surface area contributed by atoms with Crippen molar-refractivity contribution in [2.24, 2.45) is 9.98 Å². The van der Waals surface area contributed by atoms with Crippen molar-refractivity contribution in [3.63, 3.8) is 0 Å². The van der Waals surface area contributed by atoms with E-state index in [1.165, 1.54) is 0 Å². The quantitative estimate of drug-likeness (QED) is 0.332. The molecule has 2 nitrogen and oxygen atoms in total. The predicted octanol–water partition coefficient (Wildman–Crippen LogP) is 6.19. The summed E-state index contributed by atoms with van der Waals surface area (Å²) in [4.78, 5) is 5.33. The Kier molecular flexibility index (Phi) is 7.05. The van der Waals surface area contributed by atoms with Gasteiger partial charge in [0, 0.05) is 25.2 Å². The molecule has 0 atom stereocenters. The van der Waals surface area contributed by atoms with Gasteiger partial charge in [-0.15, -0.1) is 0 Å². The molecule has 0 aliphatic rings. The molecule has 0 aliphatic carbocycles. The lowest BCUT2D eigenvalue weighted by molar-refractivity contribution is -0.336. The number of hydrogen-bond acceptors (Lipinski definition) is 2. The Morgan fingerprint density at radius 1 is 0.500 bits per heavy atom. The van der Waals surface area contributed by atoms with Gasteiger partial charge < -0.3 is 0 Å². The zero-order valence-electron chi connectivity index (χ0n) is 15.5. The highest BCUT2D eigenvalue weighted by Gasteiger charge is 2.76. The SMILES string of the molecule is C/N=C(/c1ccc(/C(=N/C)C(F)(F)C(F)(F)C(F)(F)F)cc1)C(F)(F)C(F)(F)C(F)(F)F. The molecule has 0 fully saturated rings. The van der Waals surface area contributed by atoms with Crippen molar-refractivity contribution in [3.8, 4) is 0 Å². The Balaban J connectivity index is 3.50. The van der Waals surface area contributed by atoms with Crippen molar-refractivity contribution in [2.75, 3.05) is 14.1 Å². The zero-order valence-corrected chi connectivity index (χ0v) is 15.5. The molecule has 1 aromatic rings. The molecule has 0 heterocycles. The first kappa shape index (κ1) is 27.6. The normalized spacial score (nSPS) is 15.9. The highest BCUT2D eigenvalue weighted by Crippen LogP contribution is 2.49. The third kappa shape index (κ3) is 4.27. The van der Waals surface area contributed by atoms with E-state index < -0.39 is 58.6 Å². The van der Waals surface area contributed by atoms with Gasteiger partial charge in [0.05, 0.1) is 0 Å². The van der Waals surface area contributed by atoms with E-state index >= 15 is 0 Å². The van der Waals surface area contributed by atoms with Crippen LogP contribution in [-0.2, 0) is 0 Å². The van der Waals surface area contributed by atoms with Gasteiger partial charge in [0.1, 0.15) is 11.4 Å². The molecule has 182 valence electrons. The molecular weight excluding hydrogens is 486 g/mol. The van der Waals surface area contributed by atoms with Crippen molar-refractivity contribution in [3.05, 3.63) is 35.4 Å². The summed E-state index contributed by atoms with van der Waals surface area (Å²) < 4.78 is 183. The van der Waals surface area contributed by atoms with E-state index in [1.807, 2.05) is 0 Å². The monoisotopic (exact) mass is 496 g/mol. The Hall–Kier alpha value is -2.42. The number of alkyl halides is 14. The number of rotatable bonds is 6. The van der Waals surface area contributed by atoms with Gasteiger partial charge in [-0.25, -0.2) is 0 Å². The van der Waals surface area contributed by atoms with Crippen LogP contribution in [0.3, 0.4) is 0 Å². The predicted molar refractivity (Wildman–Crippen MR) is 83.3 cm³/mol. The maximum Gasteiger partial charge on any atom is 0.460 e.